The van der Waals surface area contributed by atoms with E-state index in [0.29, 0.717) is 0 Å². The summed E-state index contributed by atoms with van der Waals surface area (Å²) >= 11 is 0. The quantitative estimate of drug-likeness (QED) is 0.411. The zero-order chi connectivity index (χ0) is 9.80. The Kier molecular flexibility index (Phi) is 2.62. The van der Waals surface area contributed by atoms with Crippen LogP contribution in [0.3, 0.4) is 0 Å². The minimum atomic E-state index is 0.164. The molecule has 1 aliphatic rings. The van der Waals surface area contributed by atoms with Crippen LogP contribution in [0.5, 0.6) is 0 Å². The van der Waals surface area contributed by atoms with E-state index < -0.39 is 0 Å². The Bertz CT molecular complexity index is 337. The molecule has 5 heteroatoms. The van der Waals surface area contributed by atoms with E-state index in [1.54, 1.807) is 6.20 Å². The Morgan fingerprint density at radius 1 is 1.64 bits per heavy atom. The van der Waals surface area contributed by atoms with Crippen LogP contribution in [-0.4, -0.2) is 29.0 Å². The fourth-order valence-electron chi connectivity index (χ4n) is 1.57. The zero-order valence-electron chi connectivity index (χ0n) is 7.74. The smallest absolute Gasteiger partial charge is 0.0628 e. The van der Waals surface area contributed by atoms with Gasteiger partial charge in [-0.15, -0.1) is 0 Å². The van der Waals surface area contributed by atoms with E-state index in [4.69, 9.17) is 5.53 Å². The molecule has 0 radical (unpaired) electrons. The summed E-state index contributed by atoms with van der Waals surface area (Å²) in [6.07, 6.45) is 3.63. The number of pyridine rings is 1. The second-order valence-electron chi connectivity index (χ2n) is 3.41. The van der Waals surface area contributed by atoms with Gasteiger partial charge in [0, 0.05) is 36.9 Å². The van der Waals surface area contributed by atoms with E-state index in [0.717, 1.165) is 19.6 Å². The average Bonchev–Trinajstić information content (AvgIpc) is 2.16. The Labute approximate surface area is 82.0 Å². The molecule has 0 N–H and O–H groups in total. The highest BCUT2D eigenvalue weighted by Gasteiger charge is 2.24. The Hall–Kier alpha value is -1.58. The molecule has 2 rings (SSSR count). The van der Waals surface area contributed by atoms with Crippen molar-refractivity contribution < 1.29 is 0 Å². The fraction of sp³-hybridized carbons (Fsp3) is 0.444. The molecule has 0 aromatic carbocycles. The van der Waals surface area contributed by atoms with Gasteiger partial charge < -0.3 is 0 Å². The van der Waals surface area contributed by atoms with Crippen LogP contribution in [0, 0.1) is 0 Å². The van der Waals surface area contributed by atoms with Gasteiger partial charge in [-0.3, -0.25) is 9.88 Å². The highest BCUT2D eigenvalue weighted by Crippen LogP contribution is 2.14. The molecule has 0 saturated carbocycles. The van der Waals surface area contributed by atoms with E-state index in [1.165, 1.54) is 5.56 Å². The van der Waals surface area contributed by atoms with Gasteiger partial charge in [0.25, 0.3) is 0 Å². The van der Waals surface area contributed by atoms with Crippen molar-refractivity contribution in [2.45, 2.75) is 12.6 Å². The van der Waals surface area contributed by atoms with Crippen LogP contribution >= 0.6 is 0 Å². The maximum Gasteiger partial charge on any atom is 0.0628 e. The molecule has 1 fully saturated rings. The Morgan fingerprint density at radius 3 is 3.14 bits per heavy atom. The molecular formula is C9H11N5. The zero-order valence-corrected chi connectivity index (χ0v) is 7.74. The van der Waals surface area contributed by atoms with E-state index in [1.807, 2.05) is 18.3 Å². The number of likely N-dealkylation sites (tertiary alicyclic amines) is 1. The summed E-state index contributed by atoms with van der Waals surface area (Å²) in [5, 5.41) is 3.64. The first kappa shape index (κ1) is 8.99. The maximum atomic E-state index is 8.21. The van der Waals surface area contributed by atoms with Crippen LogP contribution in [0.25, 0.3) is 10.4 Å². The molecule has 2 heterocycles. The number of azide groups is 1. The number of nitrogens with zero attached hydrogens (tertiary/aromatic N) is 5. The number of aromatic nitrogens is 1. The third-order valence-electron chi connectivity index (χ3n) is 2.28. The molecule has 1 aromatic heterocycles. The summed E-state index contributed by atoms with van der Waals surface area (Å²) in [5.41, 5.74) is 9.41. The molecule has 1 saturated heterocycles. The molecule has 0 atom stereocenters. The normalized spacial score (nSPS) is 17.1. The van der Waals surface area contributed by atoms with Crippen molar-refractivity contribution in [2.75, 3.05) is 13.1 Å². The summed E-state index contributed by atoms with van der Waals surface area (Å²) in [5.74, 6) is 0. The van der Waals surface area contributed by atoms with Gasteiger partial charge in [-0.1, -0.05) is 11.2 Å². The lowest BCUT2D eigenvalue weighted by atomic mass is 10.1. The lowest BCUT2D eigenvalue weighted by molar-refractivity contribution is 0.142. The van der Waals surface area contributed by atoms with Gasteiger partial charge in [0.1, 0.15) is 0 Å². The summed E-state index contributed by atoms with van der Waals surface area (Å²) in [7, 11) is 0. The Balaban J connectivity index is 1.82. The number of rotatable bonds is 3. The molecule has 0 aliphatic carbocycles. The first-order valence-electron chi connectivity index (χ1n) is 4.54. The summed E-state index contributed by atoms with van der Waals surface area (Å²) in [6.45, 7) is 2.61. The lowest BCUT2D eigenvalue weighted by Gasteiger charge is -2.36. The fourth-order valence-corrected chi connectivity index (χ4v) is 1.57. The molecule has 72 valence electrons. The molecular weight excluding hydrogens is 178 g/mol. The third-order valence-corrected chi connectivity index (χ3v) is 2.28. The molecule has 0 spiro atoms. The predicted molar refractivity (Wildman–Crippen MR) is 52.4 cm³/mol. The monoisotopic (exact) mass is 189 g/mol. The van der Waals surface area contributed by atoms with Gasteiger partial charge in [-0.05, 0) is 17.2 Å². The SMILES string of the molecule is [N-]=[N+]=NC1CN(Cc2cccnc2)C1. The first-order chi connectivity index (χ1) is 6.88. The van der Waals surface area contributed by atoms with Crippen LogP contribution in [0.4, 0.5) is 0 Å². The van der Waals surface area contributed by atoms with Gasteiger partial charge >= 0.3 is 0 Å². The molecule has 1 aliphatic heterocycles. The van der Waals surface area contributed by atoms with Crippen molar-refractivity contribution in [3.05, 3.63) is 40.5 Å². The number of hydrogen-bond donors (Lipinski definition) is 0. The van der Waals surface area contributed by atoms with E-state index in [-0.39, 0.29) is 6.04 Å². The van der Waals surface area contributed by atoms with Crippen LogP contribution in [0.2, 0.25) is 0 Å². The van der Waals surface area contributed by atoms with Gasteiger partial charge in [-0.25, -0.2) is 0 Å². The van der Waals surface area contributed by atoms with Crippen LogP contribution in [0.1, 0.15) is 5.56 Å². The highest BCUT2D eigenvalue weighted by molar-refractivity contribution is 5.09. The summed E-state index contributed by atoms with van der Waals surface area (Å²) in [4.78, 5) is 9.06. The van der Waals surface area contributed by atoms with Crippen LogP contribution in [-0.2, 0) is 6.54 Å². The molecule has 0 unspecified atom stereocenters. The van der Waals surface area contributed by atoms with Gasteiger partial charge in [-0.2, -0.15) is 0 Å². The molecule has 0 amide bonds. The van der Waals surface area contributed by atoms with Crippen molar-refractivity contribution >= 4 is 0 Å². The van der Waals surface area contributed by atoms with Gasteiger partial charge in [0.15, 0.2) is 0 Å². The summed E-state index contributed by atoms with van der Waals surface area (Å²) < 4.78 is 0. The topological polar surface area (TPSA) is 64.9 Å². The molecule has 5 nitrogen and oxygen atoms in total. The van der Waals surface area contributed by atoms with Gasteiger partial charge in [0.2, 0.25) is 0 Å². The van der Waals surface area contributed by atoms with Crippen molar-refractivity contribution in [3.63, 3.8) is 0 Å². The average molecular weight is 189 g/mol. The molecule has 0 bridgehead atoms. The third kappa shape index (κ3) is 2.02. The van der Waals surface area contributed by atoms with E-state index in [2.05, 4.69) is 19.9 Å². The largest absolute Gasteiger partial charge is 0.298 e. The minimum Gasteiger partial charge on any atom is -0.298 e. The van der Waals surface area contributed by atoms with Gasteiger partial charge in [0.05, 0.1) is 6.04 Å². The maximum absolute atomic E-state index is 8.21. The minimum absolute atomic E-state index is 0.164. The second-order valence-corrected chi connectivity index (χ2v) is 3.41. The Morgan fingerprint density at radius 2 is 2.50 bits per heavy atom. The van der Waals surface area contributed by atoms with Crippen LogP contribution in [0.15, 0.2) is 29.6 Å². The highest BCUT2D eigenvalue weighted by atomic mass is 15.3. The first-order valence-corrected chi connectivity index (χ1v) is 4.54. The van der Waals surface area contributed by atoms with Crippen molar-refractivity contribution in [3.8, 4) is 0 Å². The van der Waals surface area contributed by atoms with E-state index in [9.17, 15) is 0 Å². The van der Waals surface area contributed by atoms with E-state index >= 15 is 0 Å². The predicted octanol–water partition coefficient (Wildman–Crippen LogP) is 1.58. The summed E-state index contributed by atoms with van der Waals surface area (Å²) in [6, 6.07) is 4.14. The van der Waals surface area contributed by atoms with Crippen molar-refractivity contribution in [1.29, 1.82) is 0 Å². The lowest BCUT2D eigenvalue weighted by Crippen LogP contribution is -2.48. The van der Waals surface area contributed by atoms with Crippen molar-refractivity contribution in [1.82, 2.24) is 9.88 Å². The molecule has 1 aromatic rings. The molecule has 14 heavy (non-hydrogen) atoms. The number of hydrogen-bond acceptors (Lipinski definition) is 3. The van der Waals surface area contributed by atoms with Crippen LogP contribution < -0.4 is 0 Å². The second kappa shape index (κ2) is 4.09. The standard InChI is InChI=1S/C9H11N5/c10-13-12-9-6-14(7-9)5-8-2-1-3-11-4-8/h1-4,9H,5-7H2. The van der Waals surface area contributed by atoms with Crippen molar-refractivity contribution in [2.24, 2.45) is 5.11 Å².